The first-order valence-corrected chi connectivity index (χ1v) is 11.5. The van der Waals surface area contributed by atoms with Crippen LogP contribution in [0.4, 0.5) is 21.0 Å². The van der Waals surface area contributed by atoms with Crippen molar-refractivity contribution in [2.75, 3.05) is 36.5 Å². The van der Waals surface area contributed by atoms with Crippen LogP contribution < -0.4 is 15.0 Å². The minimum atomic E-state index is -0.282. The number of urea groups is 2. The third-order valence-corrected chi connectivity index (χ3v) is 6.07. The number of rotatable bonds is 7. The van der Waals surface area contributed by atoms with Crippen molar-refractivity contribution < 1.29 is 19.1 Å². The molecule has 0 bridgehead atoms. The minimum absolute atomic E-state index is 0.0567. The van der Waals surface area contributed by atoms with Crippen molar-refractivity contribution >= 4 is 29.3 Å². The molecule has 0 spiro atoms. The van der Waals surface area contributed by atoms with Gasteiger partial charge in [0, 0.05) is 24.8 Å². The average Bonchev–Trinajstić information content (AvgIpc) is 3.14. The zero-order chi connectivity index (χ0) is 23.2. The lowest BCUT2D eigenvalue weighted by atomic mass is 10.0. The van der Waals surface area contributed by atoms with E-state index in [1.807, 2.05) is 42.5 Å². The summed E-state index contributed by atoms with van der Waals surface area (Å²) >= 11 is 0. The molecule has 0 saturated carbocycles. The summed E-state index contributed by atoms with van der Waals surface area (Å²) in [5, 5.41) is 2.92. The van der Waals surface area contributed by atoms with Crippen LogP contribution in [0.25, 0.3) is 0 Å². The summed E-state index contributed by atoms with van der Waals surface area (Å²) in [7, 11) is 0. The highest BCUT2D eigenvalue weighted by Gasteiger charge is 2.41. The molecule has 2 heterocycles. The van der Waals surface area contributed by atoms with Crippen molar-refractivity contribution in [1.82, 2.24) is 9.80 Å². The van der Waals surface area contributed by atoms with E-state index in [0.29, 0.717) is 43.9 Å². The zero-order valence-corrected chi connectivity index (χ0v) is 18.9. The van der Waals surface area contributed by atoms with E-state index >= 15 is 0 Å². The van der Waals surface area contributed by atoms with E-state index in [2.05, 4.69) is 12.2 Å². The van der Waals surface area contributed by atoms with Crippen LogP contribution >= 0.6 is 0 Å². The van der Waals surface area contributed by atoms with Crippen LogP contribution in [-0.2, 0) is 4.79 Å². The number of likely N-dealkylation sites (tertiary alicyclic amines) is 1. The van der Waals surface area contributed by atoms with Gasteiger partial charge in [0.1, 0.15) is 12.3 Å². The molecule has 0 aromatic heterocycles. The Labute approximate surface area is 194 Å². The highest BCUT2D eigenvalue weighted by atomic mass is 16.5. The van der Waals surface area contributed by atoms with Gasteiger partial charge < -0.3 is 19.9 Å². The molecule has 33 heavy (non-hydrogen) atoms. The maximum atomic E-state index is 12.9. The Bertz CT molecular complexity index is 972. The highest BCUT2D eigenvalue weighted by molar-refractivity contribution is 6.19. The Kier molecular flexibility index (Phi) is 7.12. The second-order valence-electron chi connectivity index (χ2n) is 8.35. The van der Waals surface area contributed by atoms with Crippen LogP contribution in [0.3, 0.4) is 0 Å². The summed E-state index contributed by atoms with van der Waals surface area (Å²) in [4.78, 5) is 42.7. The lowest BCUT2D eigenvalue weighted by Gasteiger charge is -2.36. The summed E-state index contributed by atoms with van der Waals surface area (Å²) in [6, 6.07) is 15.9. The first-order chi connectivity index (χ1) is 16.1. The number of hydrogen-bond donors (Lipinski definition) is 1. The van der Waals surface area contributed by atoms with E-state index in [-0.39, 0.29) is 30.6 Å². The largest absolute Gasteiger partial charge is 0.494 e. The Balaban J connectivity index is 1.28. The molecule has 2 aromatic carbocycles. The number of anilines is 2. The number of imide groups is 1. The Morgan fingerprint density at radius 3 is 2.39 bits per heavy atom. The molecule has 0 unspecified atom stereocenters. The number of unbranched alkanes of at least 4 members (excludes halogenated alkanes) is 1. The number of amides is 5. The smallest absolute Gasteiger partial charge is 0.332 e. The van der Waals surface area contributed by atoms with Gasteiger partial charge in [0.05, 0.1) is 12.3 Å². The molecule has 2 aliphatic heterocycles. The molecule has 8 heteroatoms. The lowest BCUT2D eigenvalue weighted by Crippen LogP contribution is -2.49. The number of hydrogen-bond acceptors (Lipinski definition) is 4. The molecule has 1 N–H and O–H groups in total. The molecular weight excluding hydrogens is 420 g/mol. The van der Waals surface area contributed by atoms with E-state index < -0.39 is 0 Å². The van der Waals surface area contributed by atoms with Gasteiger partial charge in [-0.25, -0.2) is 14.5 Å². The summed E-state index contributed by atoms with van der Waals surface area (Å²) < 4.78 is 5.65. The SMILES string of the molecule is CCCCOc1ccc(NC(=O)N2CCC(N3CC(=O)N(c4ccccc4)C3=O)CC2)cc1. The lowest BCUT2D eigenvalue weighted by molar-refractivity contribution is -0.116. The Morgan fingerprint density at radius 2 is 1.73 bits per heavy atom. The van der Waals surface area contributed by atoms with Gasteiger partial charge in [0.2, 0.25) is 0 Å². The van der Waals surface area contributed by atoms with Crippen LogP contribution in [0.5, 0.6) is 5.75 Å². The average molecular weight is 451 g/mol. The van der Waals surface area contributed by atoms with E-state index in [4.69, 9.17) is 4.74 Å². The van der Waals surface area contributed by atoms with Gasteiger partial charge in [-0.1, -0.05) is 31.5 Å². The molecule has 0 radical (unpaired) electrons. The van der Waals surface area contributed by atoms with Crippen molar-refractivity contribution in [3.8, 4) is 5.75 Å². The first-order valence-electron chi connectivity index (χ1n) is 11.5. The number of ether oxygens (including phenoxy) is 1. The number of para-hydroxylation sites is 1. The highest BCUT2D eigenvalue weighted by Crippen LogP contribution is 2.26. The van der Waals surface area contributed by atoms with Gasteiger partial charge in [-0.3, -0.25) is 4.79 Å². The van der Waals surface area contributed by atoms with Crippen molar-refractivity contribution in [1.29, 1.82) is 0 Å². The number of nitrogens with one attached hydrogen (secondary N) is 1. The molecule has 8 nitrogen and oxygen atoms in total. The van der Waals surface area contributed by atoms with E-state index in [9.17, 15) is 14.4 Å². The van der Waals surface area contributed by atoms with Crippen molar-refractivity contribution in [2.24, 2.45) is 0 Å². The van der Waals surface area contributed by atoms with E-state index in [1.54, 1.807) is 21.9 Å². The molecule has 4 rings (SSSR count). The Hall–Kier alpha value is -3.55. The summed E-state index contributed by atoms with van der Waals surface area (Å²) in [6.07, 6.45) is 3.37. The minimum Gasteiger partial charge on any atom is -0.494 e. The number of nitrogens with zero attached hydrogens (tertiary/aromatic N) is 3. The summed E-state index contributed by atoms with van der Waals surface area (Å²) in [6.45, 7) is 3.94. The normalized spacial score (nSPS) is 16.9. The van der Waals surface area contributed by atoms with Crippen LogP contribution in [0, 0.1) is 0 Å². The molecule has 2 saturated heterocycles. The quantitative estimate of drug-likeness (QED) is 0.503. The van der Waals surface area contributed by atoms with Gasteiger partial charge in [-0.15, -0.1) is 0 Å². The van der Waals surface area contributed by atoms with E-state index in [0.717, 1.165) is 18.6 Å². The van der Waals surface area contributed by atoms with Gasteiger partial charge in [-0.05, 0) is 55.7 Å². The molecule has 5 amide bonds. The molecule has 2 fully saturated rings. The number of benzene rings is 2. The maximum absolute atomic E-state index is 12.9. The second kappa shape index (κ2) is 10.4. The van der Waals surface area contributed by atoms with Gasteiger partial charge in [-0.2, -0.15) is 0 Å². The fourth-order valence-corrected chi connectivity index (χ4v) is 4.19. The predicted octanol–water partition coefficient (Wildman–Crippen LogP) is 4.33. The van der Waals surface area contributed by atoms with Crippen molar-refractivity contribution in [3.63, 3.8) is 0 Å². The third kappa shape index (κ3) is 5.27. The van der Waals surface area contributed by atoms with Gasteiger partial charge >= 0.3 is 12.1 Å². The predicted molar refractivity (Wildman–Crippen MR) is 126 cm³/mol. The van der Waals surface area contributed by atoms with Crippen LogP contribution in [0.2, 0.25) is 0 Å². The van der Waals surface area contributed by atoms with E-state index in [1.165, 1.54) is 4.90 Å². The fraction of sp³-hybridized carbons (Fsp3) is 0.400. The van der Waals surface area contributed by atoms with Gasteiger partial charge in [0.15, 0.2) is 0 Å². The maximum Gasteiger partial charge on any atom is 0.332 e. The Morgan fingerprint density at radius 1 is 1.03 bits per heavy atom. The van der Waals surface area contributed by atoms with Gasteiger partial charge in [0.25, 0.3) is 5.91 Å². The molecule has 174 valence electrons. The molecule has 0 atom stereocenters. The number of piperidine rings is 1. The third-order valence-electron chi connectivity index (χ3n) is 6.07. The topological polar surface area (TPSA) is 82.2 Å². The van der Waals surface area contributed by atoms with Crippen LogP contribution in [0.15, 0.2) is 54.6 Å². The zero-order valence-electron chi connectivity index (χ0n) is 18.9. The van der Waals surface area contributed by atoms with Crippen molar-refractivity contribution in [2.45, 2.75) is 38.6 Å². The standard InChI is InChI=1S/C25H30N4O4/c1-2-3-17-33-22-11-9-19(10-12-22)26-24(31)27-15-13-20(14-16-27)28-18-23(30)29(25(28)32)21-7-5-4-6-8-21/h4-12,20H,2-3,13-18H2,1H3,(H,26,31). The number of carbonyl (C=O) groups excluding carboxylic acids is 3. The second-order valence-corrected chi connectivity index (χ2v) is 8.35. The molecule has 2 aromatic rings. The molecular formula is C25H30N4O4. The molecule has 0 aliphatic carbocycles. The van der Waals surface area contributed by atoms with Crippen LogP contribution in [0.1, 0.15) is 32.6 Å². The first kappa shape index (κ1) is 22.6. The van der Waals surface area contributed by atoms with Crippen molar-refractivity contribution in [3.05, 3.63) is 54.6 Å². The summed E-state index contributed by atoms with van der Waals surface area (Å²) in [5.41, 5.74) is 1.30. The monoisotopic (exact) mass is 450 g/mol. The van der Waals surface area contributed by atoms with Crippen LogP contribution in [-0.4, -0.2) is 60.1 Å². The number of carbonyl (C=O) groups is 3. The summed E-state index contributed by atoms with van der Waals surface area (Å²) in [5.74, 6) is 0.574. The fourth-order valence-electron chi connectivity index (χ4n) is 4.19. The molecule has 2 aliphatic rings.